The third kappa shape index (κ3) is 8.15. The number of carbonyl (C=O) groups is 2. The zero-order chi connectivity index (χ0) is 26.0. The van der Waals surface area contributed by atoms with Gasteiger partial charge in [-0.2, -0.15) is 13.2 Å². The molecule has 3 aromatic rings. The molecule has 2 aromatic heterocycles. The van der Waals surface area contributed by atoms with Crippen molar-refractivity contribution in [2.45, 2.75) is 25.6 Å². The molecular weight excluding hydrogens is 495 g/mol. The third-order valence-corrected chi connectivity index (χ3v) is 6.21. The van der Waals surface area contributed by atoms with Gasteiger partial charge < -0.3 is 26.0 Å². The highest BCUT2D eigenvalue weighted by atomic mass is 32.1. The van der Waals surface area contributed by atoms with Crippen molar-refractivity contribution in [2.75, 3.05) is 35.2 Å². The van der Waals surface area contributed by atoms with Crippen molar-refractivity contribution in [3.05, 3.63) is 70.7 Å². The van der Waals surface area contributed by atoms with E-state index < -0.39 is 12.1 Å². The molecule has 0 radical (unpaired) electrons. The molecule has 0 spiro atoms. The Morgan fingerprint density at radius 3 is 2.53 bits per heavy atom. The van der Waals surface area contributed by atoms with Gasteiger partial charge >= 0.3 is 18.2 Å². The van der Waals surface area contributed by atoms with E-state index in [1.807, 2.05) is 41.7 Å². The first-order valence-electron chi connectivity index (χ1n) is 11.1. The normalized spacial score (nSPS) is 12.6. The number of para-hydroxylation sites is 2. The largest absolute Gasteiger partial charge is 0.490 e. The van der Waals surface area contributed by atoms with E-state index in [2.05, 4.69) is 43.3 Å². The summed E-state index contributed by atoms with van der Waals surface area (Å²) < 4.78 is 31.7. The molecule has 1 aliphatic heterocycles. The number of aromatic nitrogens is 1. The number of anilines is 3. The number of halogens is 3. The lowest BCUT2D eigenvalue weighted by Crippen LogP contribution is -2.33. The van der Waals surface area contributed by atoms with Gasteiger partial charge in [0.15, 0.2) is 0 Å². The number of urea groups is 1. The molecular formula is C24H26F3N5O3S. The van der Waals surface area contributed by atoms with Crippen LogP contribution in [0.15, 0.2) is 60.2 Å². The van der Waals surface area contributed by atoms with Crippen molar-refractivity contribution in [2.24, 2.45) is 0 Å². The highest BCUT2D eigenvalue weighted by Crippen LogP contribution is 2.32. The van der Waals surface area contributed by atoms with Crippen molar-refractivity contribution in [1.29, 1.82) is 0 Å². The Morgan fingerprint density at radius 1 is 1.08 bits per heavy atom. The van der Waals surface area contributed by atoms with Gasteiger partial charge in [0.2, 0.25) is 0 Å². The number of hydrogen-bond donors (Lipinski definition) is 4. The molecule has 3 heterocycles. The molecule has 1 aromatic carbocycles. The van der Waals surface area contributed by atoms with E-state index in [0.29, 0.717) is 6.54 Å². The Bertz CT molecular complexity index is 1140. The molecule has 0 unspecified atom stereocenters. The Balaban J connectivity index is 0.000000454. The molecule has 2 amide bonds. The van der Waals surface area contributed by atoms with Crippen molar-refractivity contribution < 1.29 is 27.9 Å². The predicted molar refractivity (Wildman–Crippen MR) is 134 cm³/mol. The number of pyridine rings is 1. The number of nitrogens with zero attached hydrogens (tertiary/aromatic N) is 2. The van der Waals surface area contributed by atoms with Crippen LogP contribution in [0.2, 0.25) is 0 Å². The number of carboxylic acids is 1. The first-order chi connectivity index (χ1) is 17.2. The zero-order valence-electron chi connectivity index (χ0n) is 19.2. The maximum atomic E-state index is 12.4. The summed E-state index contributed by atoms with van der Waals surface area (Å²) in [6.07, 6.45) is 0.322. The summed E-state index contributed by atoms with van der Waals surface area (Å²) in [6, 6.07) is 13.9. The molecule has 1 aliphatic rings. The fourth-order valence-corrected chi connectivity index (χ4v) is 4.36. The van der Waals surface area contributed by atoms with Crippen LogP contribution in [0, 0.1) is 0 Å². The van der Waals surface area contributed by atoms with Crippen molar-refractivity contribution in [3.63, 3.8) is 0 Å². The average molecular weight is 522 g/mol. The molecule has 36 heavy (non-hydrogen) atoms. The minimum absolute atomic E-state index is 0.172. The van der Waals surface area contributed by atoms with E-state index in [-0.39, 0.29) is 6.03 Å². The monoisotopic (exact) mass is 521 g/mol. The summed E-state index contributed by atoms with van der Waals surface area (Å²) in [5.74, 6) is -2.76. The van der Waals surface area contributed by atoms with Gasteiger partial charge in [0.05, 0.1) is 11.4 Å². The highest BCUT2D eigenvalue weighted by Gasteiger charge is 2.38. The maximum absolute atomic E-state index is 12.4. The summed E-state index contributed by atoms with van der Waals surface area (Å²) in [6.45, 7) is 3.25. The number of nitrogens with one attached hydrogen (secondary N) is 3. The van der Waals surface area contributed by atoms with E-state index in [0.717, 1.165) is 49.5 Å². The van der Waals surface area contributed by atoms with Gasteiger partial charge in [-0.1, -0.05) is 12.1 Å². The van der Waals surface area contributed by atoms with E-state index in [9.17, 15) is 18.0 Å². The molecule has 8 nitrogen and oxygen atoms in total. The van der Waals surface area contributed by atoms with E-state index in [1.54, 1.807) is 12.4 Å². The Labute approximate surface area is 210 Å². The molecule has 0 bridgehead atoms. The fraction of sp³-hybridized carbons (Fsp3) is 0.292. The highest BCUT2D eigenvalue weighted by molar-refractivity contribution is 7.10. The number of hydrogen-bond acceptors (Lipinski definition) is 6. The van der Waals surface area contributed by atoms with Crippen LogP contribution in [0.4, 0.5) is 35.0 Å². The van der Waals surface area contributed by atoms with Crippen LogP contribution in [-0.2, 0) is 17.8 Å². The number of alkyl halides is 3. The second-order valence-corrected chi connectivity index (χ2v) is 8.76. The Hall–Kier alpha value is -3.80. The van der Waals surface area contributed by atoms with Gasteiger partial charge in [-0.15, -0.1) is 11.3 Å². The molecule has 0 atom stereocenters. The van der Waals surface area contributed by atoms with E-state index in [1.165, 1.54) is 10.4 Å². The number of rotatable bonds is 7. The number of thiophene rings is 1. The smallest absolute Gasteiger partial charge is 0.475 e. The zero-order valence-corrected chi connectivity index (χ0v) is 20.0. The molecule has 4 rings (SSSR count). The lowest BCUT2D eigenvalue weighted by molar-refractivity contribution is -0.192. The van der Waals surface area contributed by atoms with Crippen LogP contribution in [0.1, 0.15) is 16.9 Å². The fourth-order valence-electron chi connectivity index (χ4n) is 3.47. The van der Waals surface area contributed by atoms with Crippen LogP contribution in [0.5, 0.6) is 0 Å². The molecule has 192 valence electrons. The van der Waals surface area contributed by atoms with Crippen molar-refractivity contribution in [3.8, 4) is 0 Å². The van der Waals surface area contributed by atoms with Crippen LogP contribution >= 0.6 is 11.3 Å². The Kier molecular flexibility index (Phi) is 9.51. The van der Waals surface area contributed by atoms with Gasteiger partial charge in [-0.25, -0.2) is 9.59 Å². The molecule has 4 N–H and O–H groups in total. The van der Waals surface area contributed by atoms with Gasteiger partial charge in [-0.3, -0.25) is 4.98 Å². The standard InChI is InChI=1S/C22H25N5OS.C2HF3O2/c28-22(25-11-3-10-24-18-6-12-23-13-7-18)26-19-4-1-2-5-20(19)27-14-8-21-17(16-27)9-15-29-21;3-2(4,5)1(6)7/h1-2,4-7,9,12-13,15H,3,8,10-11,14,16H2,(H,23,24)(H2,25,26,28);(H,6,7). The van der Waals surface area contributed by atoms with Gasteiger partial charge in [0.25, 0.3) is 0 Å². The second-order valence-electron chi connectivity index (χ2n) is 7.76. The quantitative estimate of drug-likeness (QED) is 0.328. The molecule has 12 heteroatoms. The molecule has 0 saturated heterocycles. The summed E-state index contributed by atoms with van der Waals surface area (Å²) in [5.41, 5.74) is 4.34. The van der Waals surface area contributed by atoms with Crippen molar-refractivity contribution >= 4 is 40.4 Å². The van der Waals surface area contributed by atoms with Crippen LogP contribution < -0.4 is 20.9 Å². The molecule has 0 fully saturated rings. The lowest BCUT2D eigenvalue weighted by Gasteiger charge is -2.30. The molecule has 0 aliphatic carbocycles. The number of aliphatic carboxylic acids is 1. The first kappa shape index (κ1) is 26.8. The van der Waals surface area contributed by atoms with Crippen LogP contribution in [-0.4, -0.2) is 47.9 Å². The number of fused-ring (bicyclic) bond motifs is 1. The summed E-state index contributed by atoms with van der Waals surface area (Å²) in [7, 11) is 0. The number of benzene rings is 1. The minimum Gasteiger partial charge on any atom is -0.475 e. The average Bonchev–Trinajstić information content (AvgIpc) is 3.33. The van der Waals surface area contributed by atoms with E-state index >= 15 is 0 Å². The number of amides is 2. The SMILES string of the molecule is O=C(NCCCNc1ccncc1)Nc1ccccc1N1CCc2sccc2C1.O=C(O)C(F)(F)F. The maximum Gasteiger partial charge on any atom is 0.490 e. The molecule has 0 saturated carbocycles. The van der Waals surface area contributed by atoms with E-state index in [4.69, 9.17) is 9.90 Å². The Morgan fingerprint density at radius 2 is 1.81 bits per heavy atom. The number of carbonyl (C=O) groups excluding carboxylic acids is 1. The van der Waals surface area contributed by atoms with Gasteiger partial charge in [-0.05, 0) is 54.1 Å². The predicted octanol–water partition coefficient (Wildman–Crippen LogP) is 4.96. The van der Waals surface area contributed by atoms with Crippen molar-refractivity contribution in [1.82, 2.24) is 10.3 Å². The third-order valence-electron chi connectivity index (χ3n) is 5.19. The second kappa shape index (κ2) is 12.8. The minimum atomic E-state index is -5.08. The van der Waals surface area contributed by atoms with Crippen LogP contribution in [0.3, 0.4) is 0 Å². The topological polar surface area (TPSA) is 107 Å². The first-order valence-corrected chi connectivity index (χ1v) is 12.0. The lowest BCUT2D eigenvalue weighted by atomic mass is 10.1. The van der Waals surface area contributed by atoms with Crippen LogP contribution in [0.25, 0.3) is 0 Å². The van der Waals surface area contributed by atoms with Gasteiger partial charge in [0.1, 0.15) is 0 Å². The number of carboxylic acid groups (broad SMARTS) is 1. The van der Waals surface area contributed by atoms with Gasteiger partial charge in [0, 0.05) is 49.1 Å². The summed E-state index contributed by atoms with van der Waals surface area (Å²) >= 11 is 1.83. The summed E-state index contributed by atoms with van der Waals surface area (Å²) in [5, 5.41) is 18.6. The summed E-state index contributed by atoms with van der Waals surface area (Å²) in [4.78, 5) is 29.1.